The van der Waals surface area contributed by atoms with E-state index >= 15 is 0 Å². The zero-order chi connectivity index (χ0) is 14.3. The van der Waals surface area contributed by atoms with Crippen LogP contribution >= 0.6 is 15.9 Å². The predicted molar refractivity (Wildman–Crippen MR) is 77.4 cm³/mol. The van der Waals surface area contributed by atoms with Crippen LogP contribution < -0.4 is 10.6 Å². The van der Waals surface area contributed by atoms with Crippen LogP contribution in [-0.2, 0) is 4.79 Å². The number of unbranched alkanes of at least 4 members (excludes halogenated alkanes) is 1. The largest absolute Gasteiger partial charge is 0.481 e. The number of amides is 2. The molecule has 0 bridgehead atoms. The Kier molecular flexibility index (Phi) is 6.35. The highest BCUT2D eigenvalue weighted by Gasteiger charge is 2.03. The van der Waals surface area contributed by atoms with Gasteiger partial charge in [-0.3, -0.25) is 4.79 Å². The summed E-state index contributed by atoms with van der Waals surface area (Å²) in [6.07, 6.45) is 1.34. The van der Waals surface area contributed by atoms with Crippen LogP contribution in [0.1, 0.15) is 24.8 Å². The summed E-state index contributed by atoms with van der Waals surface area (Å²) in [7, 11) is 0. The normalized spacial score (nSPS) is 10.0. The third kappa shape index (κ3) is 6.24. The Morgan fingerprint density at radius 3 is 2.68 bits per heavy atom. The number of carbonyl (C=O) groups excluding carboxylic acids is 1. The molecule has 0 aromatic heterocycles. The molecule has 0 saturated carbocycles. The number of benzene rings is 1. The number of nitrogens with one attached hydrogen (secondary N) is 2. The van der Waals surface area contributed by atoms with Gasteiger partial charge in [0.1, 0.15) is 0 Å². The Labute approximate surface area is 120 Å². The maximum atomic E-state index is 11.6. The Morgan fingerprint density at radius 1 is 1.32 bits per heavy atom. The highest BCUT2D eigenvalue weighted by molar-refractivity contribution is 9.10. The van der Waals surface area contributed by atoms with E-state index in [1.165, 1.54) is 0 Å². The fourth-order valence-electron chi connectivity index (χ4n) is 1.45. The smallest absolute Gasteiger partial charge is 0.319 e. The highest BCUT2D eigenvalue weighted by atomic mass is 79.9. The van der Waals surface area contributed by atoms with Crippen LogP contribution in [0.5, 0.6) is 0 Å². The van der Waals surface area contributed by atoms with Crippen molar-refractivity contribution < 1.29 is 14.7 Å². The summed E-state index contributed by atoms with van der Waals surface area (Å²) in [5, 5.41) is 13.9. The number of urea groups is 1. The molecule has 0 unspecified atom stereocenters. The summed E-state index contributed by atoms with van der Waals surface area (Å²) in [6, 6.07) is 5.28. The van der Waals surface area contributed by atoms with Crippen molar-refractivity contribution in [2.75, 3.05) is 11.9 Å². The van der Waals surface area contributed by atoms with Crippen molar-refractivity contribution in [3.8, 4) is 0 Å². The zero-order valence-electron chi connectivity index (χ0n) is 10.7. The number of anilines is 1. The number of aryl methyl sites for hydroxylation is 1. The van der Waals surface area contributed by atoms with Crippen LogP contribution in [-0.4, -0.2) is 23.7 Å². The standard InChI is InChI=1S/C13H17BrN2O3/c1-9-5-6-10(8-11(9)14)16-13(19)15-7-3-2-4-12(17)18/h5-6,8H,2-4,7H2,1H3,(H,17,18)(H2,15,16,19). The first-order valence-corrected chi connectivity index (χ1v) is 6.81. The molecule has 6 heteroatoms. The van der Waals surface area contributed by atoms with Gasteiger partial charge < -0.3 is 15.7 Å². The average Bonchev–Trinajstić information content (AvgIpc) is 2.33. The quantitative estimate of drug-likeness (QED) is 0.702. The first-order chi connectivity index (χ1) is 8.99. The van der Waals surface area contributed by atoms with E-state index in [4.69, 9.17) is 5.11 Å². The lowest BCUT2D eigenvalue weighted by atomic mass is 10.2. The van der Waals surface area contributed by atoms with Crippen molar-refractivity contribution in [3.63, 3.8) is 0 Å². The van der Waals surface area contributed by atoms with Gasteiger partial charge in [-0.05, 0) is 37.5 Å². The summed E-state index contributed by atoms with van der Waals surface area (Å²) in [6.45, 7) is 2.43. The Hall–Kier alpha value is -1.56. The summed E-state index contributed by atoms with van der Waals surface area (Å²) in [5.74, 6) is -0.811. The number of carboxylic acids is 1. The first-order valence-electron chi connectivity index (χ1n) is 6.02. The van der Waals surface area contributed by atoms with E-state index in [-0.39, 0.29) is 12.5 Å². The molecule has 0 fully saturated rings. The molecule has 1 aromatic carbocycles. The summed E-state index contributed by atoms with van der Waals surface area (Å²) < 4.78 is 0.937. The molecule has 0 aliphatic carbocycles. The molecule has 5 nitrogen and oxygen atoms in total. The molecule has 0 spiro atoms. The van der Waals surface area contributed by atoms with E-state index in [1.807, 2.05) is 25.1 Å². The van der Waals surface area contributed by atoms with E-state index in [1.54, 1.807) is 0 Å². The molecule has 104 valence electrons. The van der Waals surface area contributed by atoms with Crippen molar-refractivity contribution >= 4 is 33.6 Å². The fraction of sp³-hybridized carbons (Fsp3) is 0.385. The van der Waals surface area contributed by atoms with Gasteiger partial charge in [0, 0.05) is 23.1 Å². The molecule has 0 aliphatic rings. The van der Waals surface area contributed by atoms with Crippen LogP contribution in [0, 0.1) is 6.92 Å². The van der Waals surface area contributed by atoms with Crippen molar-refractivity contribution in [1.29, 1.82) is 0 Å². The fourth-order valence-corrected chi connectivity index (χ4v) is 1.83. The van der Waals surface area contributed by atoms with Gasteiger partial charge in [-0.25, -0.2) is 4.79 Å². The van der Waals surface area contributed by atoms with Crippen LogP contribution in [0.2, 0.25) is 0 Å². The zero-order valence-corrected chi connectivity index (χ0v) is 12.3. The molecule has 19 heavy (non-hydrogen) atoms. The lowest BCUT2D eigenvalue weighted by molar-refractivity contribution is -0.137. The SMILES string of the molecule is Cc1ccc(NC(=O)NCCCCC(=O)O)cc1Br. The van der Waals surface area contributed by atoms with E-state index in [9.17, 15) is 9.59 Å². The number of carbonyl (C=O) groups is 2. The third-order valence-electron chi connectivity index (χ3n) is 2.53. The summed E-state index contributed by atoms with van der Waals surface area (Å²) >= 11 is 3.40. The lowest BCUT2D eigenvalue weighted by Crippen LogP contribution is -2.29. The van der Waals surface area contributed by atoms with Crippen LogP contribution in [0.3, 0.4) is 0 Å². The van der Waals surface area contributed by atoms with Crippen molar-refractivity contribution in [3.05, 3.63) is 28.2 Å². The minimum atomic E-state index is -0.811. The van der Waals surface area contributed by atoms with Gasteiger partial charge in [-0.15, -0.1) is 0 Å². The van der Waals surface area contributed by atoms with E-state index < -0.39 is 5.97 Å². The van der Waals surface area contributed by atoms with Crippen LogP contribution in [0.15, 0.2) is 22.7 Å². The predicted octanol–water partition coefficient (Wildman–Crippen LogP) is 3.13. The molecule has 0 atom stereocenters. The molecular formula is C13H17BrN2O3. The number of hydrogen-bond donors (Lipinski definition) is 3. The molecule has 0 heterocycles. The third-order valence-corrected chi connectivity index (χ3v) is 3.39. The Morgan fingerprint density at radius 2 is 2.05 bits per heavy atom. The first kappa shape index (κ1) is 15.5. The number of halogens is 1. The van der Waals surface area contributed by atoms with Gasteiger partial charge >= 0.3 is 12.0 Å². The minimum Gasteiger partial charge on any atom is -0.481 e. The molecule has 0 saturated heterocycles. The van der Waals surface area contributed by atoms with Gasteiger partial charge in [-0.2, -0.15) is 0 Å². The number of hydrogen-bond acceptors (Lipinski definition) is 2. The van der Waals surface area contributed by atoms with E-state index in [0.717, 1.165) is 10.0 Å². The number of rotatable bonds is 6. The number of aliphatic carboxylic acids is 1. The van der Waals surface area contributed by atoms with Gasteiger partial charge in [0.15, 0.2) is 0 Å². The van der Waals surface area contributed by atoms with E-state index in [2.05, 4.69) is 26.6 Å². The van der Waals surface area contributed by atoms with Gasteiger partial charge in [0.2, 0.25) is 0 Å². The molecule has 0 aliphatic heterocycles. The molecule has 0 radical (unpaired) electrons. The second-order valence-electron chi connectivity index (χ2n) is 4.20. The van der Waals surface area contributed by atoms with Crippen LogP contribution in [0.4, 0.5) is 10.5 Å². The van der Waals surface area contributed by atoms with Crippen molar-refractivity contribution in [2.45, 2.75) is 26.2 Å². The lowest BCUT2D eigenvalue weighted by Gasteiger charge is -2.08. The molecule has 1 aromatic rings. The van der Waals surface area contributed by atoms with Gasteiger partial charge in [-0.1, -0.05) is 22.0 Å². The molecule has 3 N–H and O–H groups in total. The topological polar surface area (TPSA) is 78.4 Å². The van der Waals surface area contributed by atoms with E-state index in [0.29, 0.717) is 25.1 Å². The van der Waals surface area contributed by atoms with Crippen LogP contribution in [0.25, 0.3) is 0 Å². The van der Waals surface area contributed by atoms with Crippen molar-refractivity contribution in [1.82, 2.24) is 5.32 Å². The Balaban J connectivity index is 2.27. The summed E-state index contributed by atoms with van der Waals surface area (Å²) in [4.78, 5) is 21.8. The Bertz CT molecular complexity index is 463. The molecule has 1 rings (SSSR count). The molecular weight excluding hydrogens is 312 g/mol. The van der Waals surface area contributed by atoms with Gasteiger partial charge in [0.05, 0.1) is 0 Å². The highest BCUT2D eigenvalue weighted by Crippen LogP contribution is 2.20. The maximum Gasteiger partial charge on any atom is 0.319 e. The monoisotopic (exact) mass is 328 g/mol. The molecule has 2 amide bonds. The second-order valence-corrected chi connectivity index (χ2v) is 5.05. The van der Waals surface area contributed by atoms with Gasteiger partial charge in [0.25, 0.3) is 0 Å². The average molecular weight is 329 g/mol. The minimum absolute atomic E-state index is 0.133. The second kappa shape index (κ2) is 7.78. The van der Waals surface area contributed by atoms with Crippen molar-refractivity contribution in [2.24, 2.45) is 0 Å². The number of carboxylic acid groups (broad SMARTS) is 1. The maximum absolute atomic E-state index is 11.6. The summed E-state index contributed by atoms with van der Waals surface area (Å²) in [5.41, 5.74) is 1.81.